The molecule has 1 saturated heterocycles. The molecule has 0 N–H and O–H groups in total. The van der Waals surface area contributed by atoms with Gasteiger partial charge in [0.05, 0.1) is 4.88 Å². The largest absolute Gasteiger partial charge is 0.420 e. The molecule has 25 heavy (non-hydrogen) atoms. The molecule has 0 amide bonds. The highest BCUT2D eigenvalue weighted by Crippen LogP contribution is 2.32. The van der Waals surface area contributed by atoms with Gasteiger partial charge in [-0.15, -0.1) is 21.5 Å². The summed E-state index contributed by atoms with van der Waals surface area (Å²) in [4.78, 5) is 3.34. The molecule has 0 unspecified atom stereocenters. The van der Waals surface area contributed by atoms with Crippen molar-refractivity contribution in [1.29, 1.82) is 0 Å². The molecule has 0 aliphatic carbocycles. The minimum Gasteiger partial charge on any atom is -0.420 e. The molecule has 1 aliphatic heterocycles. The van der Waals surface area contributed by atoms with E-state index in [1.54, 1.807) is 17.4 Å². The summed E-state index contributed by atoms with van der Waals surface area (Å²) in [6.45, 7) is 4.53. The first-order valence-corrected chi connectivity index (χ1v) is 9.42. The van der Waals surface area contributed by atoms with Crippen LogP contribution in [-0.2, 0) is 6.54 Å². The first-order valence-electron chi connectivity index (χ1n) is 8.54. The fourth-order valence-electron chi connectivity index (χ4n) is 3.29. The van der Waals surface area contributed by atoms with Crippen molar-refractivity contribution < 1.29 is 8.81 Å². The second-order valence-corrected chi connectivity index (χ2v) is 7.44. The summed E-state index contributed by atoms with van der Waals surface area (Å²) < 4.78 is 19.7. The number of thiophene rings is 1. The average Bonchev–Trinajstić information content (AvgIpc) is 3.26. The van der Waals surface area contributed by atoms with E-state index in [-0.39, 0.29) is 5.82 Å². The van der Waals surface area contributed by atoms with E-state index in [1.807, 2.05) is 17.5 Å². The summed E-state index contributed by atoms with van der Waals surface area (Å²) in [5, 5.41) is 10.5. The van der Waals surface area contributed by atoms with Crippen LogP contribution in [0, 0.1) is 12.7 Å². The number of aromatic nitrogens is 2. The Morgan fingerprint density at radius 3 is 2.72 bits per heavy atom. The second-order valence-electron chi connectivity index (χ2n) is 6.52. The Morgan fingerprint density at radius 2 is 2.00 bits per heavy atom. The highest BCUT2D eigenvalue weighted by molar-refractivity contribution is 7.13. The lowest BCUT2D eigenvalue weighted by Gasteiger charge is -2.30. The van der Waals surface area contributed by atoms with Crippen LogP contribution in [0.4, 0.5) is 4.39 Å². The van der Waals surface area contributed by atoms with Crippen molar-refractivity contribution in [3.8, 4) is 10.8 Å². The van der Waals surface area contributed by atoms with E-state index in [0.717, 1.165) is 42.3 Å². The van der Waals surface area contributed by atoms with E-state index in [4.69, 9.17) is 4.42 Å². The van der Waals surface area contributed by atoms with Crippen LogP contribution in [0.3, 0.4) is 0 Å². The predicted octanol–water partition coefficient (Wildman–Crippen LogP) is 4.63. The van der Waals surface area contributed by atoms with Gasteiger partial charge in [0, 0.05) is 18.0 Å². The Kier molecular flexibility index (Phi) is 4.63. The number of aryl methyl sites for hydroxylation is 1. The molecule has 0 atom stereocenters. The third-order valence-electron chi connectivity index (χ3n) is 4.79. The first kappa shape index (κ1) is 16.4. The van der Waals surface area contributed by atoms with Crippen molar-refractivity contribution in [2.45, 2.75) is 32.2 Å². The Balaban J connectivity index is 1.38. The number of hydrogen-bond acceptors (Lipinski definition) is 5. The zero-order valence-corrected chi connectivity index (χ0v) is 14.9. The molecule has 4 rings (SSSR count). The average molecular weight is 357 g/mol. The van der Waals surface area contributed by atoms with Crippen molar-refractivity contribution in [2.24, 2.45) is 0 Å². The normalized spacial score (nSPS) is 16.4. The lowest BCUT2D eigenvalue weighted by molar-refractivity contribution is 0.191. The lowest BCUT2D eigenvalue weighted by Crippen LogP contribution is -2.32. The maximum atomic E-state index is 13.8. The third kappa shape index (κ3) is 3.50. The summed E-state index contributed by atoms with van der Waals surface area (Å²) in [5.41, 5.74) is 1.93. The van der Waals surface area contributed by atoms with Crippen LogP contribution in [0.5, 0.6) is 0 Å². The molecule has 3 aromatic rings. The summed E-state index contributed by atoms with van der Waals surface area (Å²) in [7, 11) is 0. The minimum absolute atomic E-state index is 0.127. The standard InChI is InChI=1S/C19H20FN3OS/c1-13-8-11-25-17(13)19-22-21-18(24-19)14-6-9-23(10-7-14)12-15-4-2-3-5-16(15)20/h2-5,8,11,14H,6-7,9-10,12H2,1H3. The third-order valence-corrected chi connectivity index (χ3v) is 5.79. The zero-order valence-electron chi connectivity index (χ0n) is 14.1. The smallest absolute Gasteiger partial charge is 0.258 e. The van der Waals surface area contributed by atoms with Crippen molar-refractivity contribution in [1.82, 2.24) is 15.1 Å². The number of hydrogen-bond donors (Lipinski definition) is 0. The molecule has 6 heteroatoms. The molecular formula is C19H20FN3OS. The molecule has 4 nitrogen and oxygen atoms in total. The van der Waals surface area contributed by atoms with Crippen molar-refractivity contribution in [2.75, 3.05) is 13.1 Å². The molecule has 3 heterocycles. The number of piperidine rings is 1. The zero-order chi connectivity index (χ0) is 17.2. The molecule has 1 fully saturated rings. The maximum absolute atomic E-state index is 13.8. The molecule has 2 aromatic heterocycles. The number of benzene rings is 1. The fourth-order valence-corrected chi connectivity index (χ4v) is 4.13. The highest BCUT2D eigenvalue weighted by Gasteiger charge is 2.26. The van der Waals surface area contributed by atoms with E-state index in [9.17, 15) is 4.39 Å². The molecule has 1 aliphatic rings. The van der Waals surface area contributed by atoms with Gasteiger partial charge in [-0.05, 0) is 55.9 Å². The van der Waals surface area contributed by atoms with Crippen LogP contribution in [0.25, 0.3) is 10.8 Å². The quantitative estimate of drug-likeness (QED) is 0.683. The molecule has 0 radical (unpaired) electrons. The predicted molar refractivity (Wildman–Crippen MR) is 96.0 cm³/mol. The van der Waals surface area contributed by atoms with Crippen LogP contribution < -0.4 is 0 Å². The molecule has 1 aromatic carbocycles. The Morgan fingerprint density at radius 1 is 1.20 bits per heavy atom. The van der Waals surface area contributed by atoms with Crippen LogP contribution in [-0.4, -0.2) is 28.2 Å². The van der Waals surface area contributed by atoms with Crippen LogP contribution in [0.2, 0.25) is 0 Å². The second kappa shape index (κ2) is 7.06. The number of likely N-dealkylation sites (tertiary alicyclic amines) is 1. The van der Waals surface area contributed by atoms with Gasteiger partial charge in [-0.3, -0.25) is 4.90 Å². The van der Waals surface area contributed by atoms with Crippen molar-refractivity contribution in [3.05, 3.63) is 58.5 Å². The number of nitrogens with zero attached hydrogens (tertiary/aromatic N) is 3. The highest BCUT2D eigenvalue weighted by atomic mass is 32.1. The summed E-state index contributed by atoms with van der Waals surface area (Å²) in [6.07, 6.45) is 1.92. The Hall–Kier alpha value is -2.05. The van der Waals surface area contributed by atoms with Gasteiger partial charge in [-0.25, -0.2) is 4.39 Å². The Labute approximate surface area is 150 Å². The van der Waals surface area contributed by atoms with E-state index in [1.165, 1.54) is 11.6 Å². The van der Waals surface area contributed by atoms with E-state index in [0.29, 0.717) is 18.4 Å². The van der Waals surface area contributed by atoms with Crippen LogP contribution >= 0.6 is 11.3 Å². The molecular weight excluding hydrogens is 337 g/mol. The van der Waals surface area contributed by atoms with Gasteiger partial charge in [0.15, 0.2) is 0 Å². The van der Waals surface area contributed by atoms with Gasteiger partial charge >= 0.3 is 0 Å². The fraction of sp³-hybridized carbons (Fsp3) is 0.368. The van der Waals surface area contributed by atoms with Gasteiger partial charge in [0.1, 0.15) is 5.82 Å². The van der Waals surface area contributed by atoms with Crippen molar-refractivity contribution in [3.63, 3.8) is 0 Å². The van der Waals surface area contributed by atoms with Gasteiger partial charge in [-0.1, -0.05) is 18.2 Å². The molecule has 0 spiro atoms. The number of halogens is 1. The summed E-state index contributed by atoms with van der Waals surface area (Å²) >= 11 is 1.63. The maximum Gasteiger partial charge on any atom is 0.258 e. The first-order chi connectivity index (χ1) is 12.2. The minimum atomic E-state index is -0.127. The van der Waals surface area contributed by atoms with E-state index >= 15 is 0 Å². The molecule has 0 bridgehead atoms. The van der Waals surface area contributed by atoms with Crippen LogP contribution in [0.1, 0.15) is 35.8 Å². The number of rotatable bonds is 4. The monoisotopic (exact) mass is 357 g/mol. The lowest BCUT2D eigenvalue weighted by atomic mass is 9.96. The van der Waals surface area contributed by atoms with Gasteiger partial charge < -0.3 is 4.42 Å². The van der Waals surface area contributed by atoms with Gasteiger partial charge in [0.25, 0.3) is 5.89 Å². The van der Waals surface area contributed by atoms with Crippen LogP contribution in [0.15, 0.2) is 40.1 Å². The summed E-state index contributed by atoms with van der Waals surface area (Å²) in [5.74, 6) is 1.51. The van der Waals surface area contributed by atoms with Crippen molar-refractivity contribution >= 4 is 11.3 Å². The topological polar surface area (TPSA) is 42.2 Å². The molecule has 0 saturated carbocycles. The molecule has 130 valence electrons. The summed E-state index contributed by atoms with van der Waals surface area (Å²) in [6, 6.07) is 9.06. The van der Waals surface area contributed by atoms with Gasteiger partial charge in [-0.2, -0.15) is 0 Å². The van der Waals surface area contributed by atoms with E-state index < -0.39 is 0 Å². The van der Waals surface area contributed by atoms with E-state index in [2.05, 4.69) is 28.1 Å². The Bertz CT molecular complexity index is 852. The van der Waals surface area contributed by atoms with Gasteiger partial charge in [0.2, 0.25) is 5.89 Å². The SMILES string of the molecule is Cc1ccsc1-c1nnc(C2CCN(Cc3ccccc3F)CC2)o1.